The van der Waals surface area contributed by atoms with Crippen LogP contribution >= 0.6 is 11.6 Å². The number of nitriles is 1. The van der Waals surface area contributed by atoms with E-state index in [0.29, 0.717) is 28.9 Å². The quantitative estimate of drug-likeness (QED) is 0.829. The Morgan fingerprint density at radius 1 is 1.41 bits per heavy atom. The molecular weight excluding hydrogens is 238 g/mol. The number of halogens is 1. The summed E-state index contributed by atoms with van der Waals surface area (Å²) < 4.78 is 11.0. The molecule has 1 aromatic carbocycles. The molecule has 0 amide bonds. The lowest BCUT2D eigenvalue weighted by atomic mass is 10.0. The van der Waals surface area contributed by atoms with Crippen LogP contribution in [-0.2, 0) is 4.74 Å². The van der Waals surface area contributed by atoms with Gasteiger partial charge in [-0.2, -0.15) is 5.26 Å². The predicted octanol–water partition coefficient (Wildman–Crippen LogP) is 3.02. The summed E-state index contributed by atoms with van der Waals surface area (Å²) in [5.41, 5.74) is 0.529. The van der Waals surface area contributed by atoms with Gasteiger partial charge in [0.2, 0.25) is 0 Å². The van der Waals surface area contributed by atoms with Crippen LogP contribution in [-0.4, -0.2) is 19.8 Å². The molecule has 0 unspecified atom stereocenters. The average Bonchev–Trinajstić information content (AvgIpc) is 2.38. The van der Waals surface area contributed by atoms with E-state index in [1.807, 2.05) is 0 Å². The molecule has 1 aliphatic rings. The van der Waals surface area contributed by atoms with Gasteiger partial charge in [0.1, 0.15) is 11.8 Å². The van der Waals surface area contributed by atoms with E-state index in [1.54, 1.807) is 18.2 Å². The summed E-state index contributed by atoms with van der Waals surface area (Å²) in [6, 6.07) is 7.17. The highest BCUT2D eigenvalue weighted by Crippen LogP contribution is 2.24. The molecule has 0 bridgehead atoms. The Labute approximate surface area is 106 Å². The zero-order valence-corrected chi connectivity index (χ0v) is 10.2. The first-order valence-electron chi connectivity index (χ1n) is 5.70. The topological polar surface area (TPSA) is 42.2 Å². The van der Waals surface area contributed by atoms with Crippen LogP contribution in [0.25, 0.3) is 0 Å². The maximum absolute atomic E-state index is 8.95. The van der Waals surface area contributed by atoms with Gasteiger partial charge >= 0.3 is 0 Å². The van der Waals surface area contributed by atoms with Crippen LogP contribution in [0.15, 0.2) is 18.2 Å². The highest BCUT2D eigenvalue weighted by Gasteiger charge is 2.15. The van der Waals surface area contributed by atoms with Crippen LogP contribution < -0.4 is 4.74 Å². The SMILES string of the molecule is N#Cc1ccc(Cl)cc1OCC1CCOCC1. The second-order valence-electron chi connectivity index (χ2n) is 4.12. The number of benzene rings is 1. The van der Waals surface area contributed by atoms with Crippen molar-refractivity contribution in [2.24, 2.45) is 5.92 Å². The molecule has 0 N–H and O–H groups in total. The fourth-order valence-corrected chi connectivity index (χ4v) is 1.99. The third-order valence-corrected chi connectivity index (χ3v) is 3.11. The summed E-state index contributed by atoms with van der Waals surface area (Å²) in [4.78, 5) is 0. The fraction of sp³-hybridized carbons (Fsp3) is 0.462. The van der Waals surface area contributed by atoms with E-state index in [9.17, 15) is 0 Å². The van der Waals surface area contributed by atoms with Crippen molar-refractivity contribution in [1.29, 1.82) is 5.26 Å². The fourth-order valence-electron chi connectivity index (χ4n) is 1.83. The lowest BCUT2D eigenvalue weighted by Gasteiger charge is -2.22. The minimum Gasteiger partial charge on any atom is -0.492 e. The van der Waals surface area contributed by atoms with Gasteiger partial charge < -0.3 is 9.47 Å². The van der Waals surface area contributed by atoms with E-state index in [1.165, 1.54) is 0 Å². The normalized spacial score (nSPS) is 16.5. The van der Waals surface area contributed by atoms with Gasteiger partial charge in [-0.1, -0.05) is 11.6 Å². The molecular formula is C13H14ClNO2. The van der Waals surface area contributed by atoms with E-state index in [2.05, 4.69) is 6.07 Å². The molecule has 0 spiro atoms. The lowest BCUT2D eigenvalue weighted by Crippen LogP contribution is -2.21. The molecule has 4 heteroatoms. The summed E-state index contributed by atoms with van der Waals surface area (Å²) in [7, 11) is 0. The van der Waals surface area contributed by atoms with Crippen molar-refractivity contribution in [1.82, 2.24) is 0 Å². The standard InChI is InChI=1S/C13H14ClNO2/c14-12-2-1-11(8-15)13(7-12)17-9-10-3-5-16-6-4-10/h1-2,7,10H,3-6,9H2. The van der Waals surface area contributed by atoms with Crippen molar-refractivity contribution in [3.05, 3.63) is 28.8 Å². The first kappa shape index (κ1) is 12.2. The van der Waals surface area contributed by atoms with Gasteiger partial charge in [0, 0.05) is 24.3 Å². The molecule has 0 saturated carbocycles. The lowest BCUT2D eigenvalue weighted by molar-refractivity contribution is 0.0497. The van der Waals surface area contributed by atoms with E-state index >= 15 is 0 Å². The minimum atomic E-state index is 0.509. The van der Waals surface area contributed by atoms with Crippen molar-refractivity contribution in [3.8, 4) is 11.8 Å². The van der Waals surface area contributed by atoms with E-state index in [4.69, 9.17) is 26.3 Å². The van der Waals surface area contributed by atoms with E-state index in [0.717, 1.165) is 26.1 Å². The van der Waals surface area contributed by atoms with Crippen molar-refractivity contribution < 1.29 is 9.47 Å². The summed E-state index contributed by atoms with van der Waals surface area (Å²) >= 11 is 5.89. The minimum absolute atomic E-state index is 0.509. The molecule has 1 heterocycles. The van der Waals surface area contributed by atoms with E-state index in [-0.39, 0.29) is 0 Å². The molecule has 1 aliphatic heterocycles. The van der Waals surface area contributed by atoms with Crippen LogP contribution in [0.1, 0.15) is 18.4 Å². The summed E-state index contributed by atoms with van der Waals surface area (Å²) in [6.07, 6.45) is 2.03. The first-order chi connectivity index (χ1) is 8.29. The predicted molar refractivity (Wildman–Crippen MR) is 65.2 cm³/mol. The Morgan fingerprint density at radius 3 is 2.88 bits per heavy atom. The molecule has 0 atom stereocenters. The highest BCUT2D eigenvalue weighted by atomic mass is 35.5. The molecule has 1 fully saturated rings. The van der Waals surface area contributed by atoms with Crippen molar-refractivity contribution in [3.63, 3.8) is 0 Å². The van der Waals surface area contributed by atoms with Crippen LogP contribution in [0.5, 0.6) is 5.75 Å². The Morgan fingerprint density at radius 2 is 2.18 bits per heavy atom. The number of nitrogens with zero attached hydrogens (tertiary/aromatic N) is 1. The first-order valence-corrected chi connectivity index (χ1v) is 6.07. The molecule has 3 nitrogen and oxygen atoms in total. The molecule has 1 saturated heterocycles. The Hall–Kier alpha value is -1.24. The van der Waals surface area contributed by atoms with Crippen LogP contribution in [0.2, 0.25) is 5.02 Å². The summed E-state index contributed by atoms with van der Waals surface area (Å²) in [5.74, 6) is 1.08. The van der Waals surface area contributed by atoms with Crippen molar-refractivity contribution >= 4 is 11.6 Å². The second-order valence-corrected chi connectivity index (χ2v) is 4.56. The zero-order chi connectivity index (χ0) is 12.1. The van der Waals surface area contributed by atoms with Gasteiger partial charge in [-0.05, 0) is 30.9 Å². The molecule has 0 aliphatic carbocycles. The van der Waals surface area contributed by atoms with Gasteiger partial charge in [0.15, 0.2) is 0 Å². The smallest absolute Gasteiger partial charge is 0.138 e. The Bertz CT molecular complexity index is 422. The van der Waals surface area contributed by atoms with Gasteiger partial charge in [0.05, 0.1) is 12.2 Å². The van der Waals surface area contributed by atoms with Crippen molar-refractivity contribution in [2.75, 3.05) is 19.8 Å². The van der Waals surface area contributed by atoms with Gasteiger partial charge in [0.25, 0.3) is 0 Å². The maximum Gasteiger partial charge on any atom is 0.138 e. The maximum atomic E-state index is 8.95. The summed E-state index contributed by atoms with van der Waals surface area (Å²) in [5, 5.41) is 9.54. The monoisotopic (exact) mass is 251 g/mol. The number of hydrogen-bond donors (Lipinski definition) is 0. The van der Waals surface area contributed by atoms with Gasteiger partial charge in [-0.25, -0.2) is 0 Å². The third kappa shape index (κ3) is 3.36. The Balaban J connectivity index is 1.98. The average molecular weight is 252 g/mol. The highest BCUT2D eigenvalue weighted by molar-refractivity contribution is 6.30. The Kier molecular flexibility index (Phi) is 4.24. The molecule has 2 rings (SSSR count). The molecule has 0 aromatic heterocycles. The van der Waals surface area contributed by atoms with Gasteiger partial charge in [-0.15, -0.1) is 0 Å². The van der Waals surface area contributed by atoms with Gasteiger partial charge in [-0.3, -0.25) is 0 Å². The van der Waals surface area contributed by atoms with Crippen LogP contribution in [0.3, 0.4) is 0 Å². The molecule has 17 heavy (non-hydrogen) atoms. The third-order valence-electron chi connectivity index (χ3n) is 2.88. The van der Waals surface area contributed by atoms with E-state index < -0.39 is 0 Å². The van der Waals surface area contributed by atoms with Crippen LogP contribution in [0, 0.1) is 17.2 Å². The molecule has 90 valence electrons. The summed E-state index contributed by atoms with van der Waals surface area (Å²) in [6.45, 7) is 2.22. The van der Waals surface area contributed by atoms with Crippen LogP contribution in [0.4, 0.5) is 0 Å². The van der Waals surface area contributed by atoms with Crippen molar-refractivity contribution in [2.45, 2.75) is 12.8 Å². The molecule has 0 radical (unpaired) electrons. The number of rotatable bonds is 3. The second kappa shape index (κ2) is 5.90. The number of hydrogen-bond acceptors (Lipinski definition) is 3. The molecule has 1 aromatic rings. The largest absolute Gasteiger partial charge is 0.492 e. The zero-order valence-electron chi connectivity index (χ0n) is 9.49. The number of ether oxygens (including phenoxy) is 2.